The molecule has 0 spiro atoms. The van der Waals surface area contributed by atoms with Crippen molar-refractivity contribution in [3.8, 4) is 11.3 Å². The molecule has 0 unspecified atom stereocenters. The molecule has 0 N–H and O–H groups in total. The van der Waals surface area contributed by atoms with Crippen LogP contribution < -0.4 is 0 Å². The van der Waals surface area contributed by atoms with Gasteiger partial charge in [0.2, 0.25) is 0 Å². The van der Waals surface area contributed by atoms with Crippen LogP contribution in [0, 0.1) is 0 Å². The van der Waals surface area contributed by atoms with Gasteiger partial charge in [-0.2, -0.15) is 5.10 Å². The minimum absolute atomic E-state index is 0.731. The summed E-state index contributed by atoms with van der Waals surface area (Å²) in [6.45, 7) is 0. The first-order chi connectivity index (χ1) is 7.84. The Hall–Kier alpha value is -1.87. The molecule has 0 atom stereocenters. The molecule has 2 aromatic heterocycles. The van der Waals surface area contributed by atoms with Crippen molar-refractivity contribution in [2.24, 2.45) is 0 Å². The monoisotopic (exact) mass is 229 g/mol. The van der Waals surface area contributed by atoms with Gasteiger partial charge in [-0.1, -0.05) is 23.7 Å². The highest BCUT2D eigenvalue weighted by atomic mass is 35.5. The van der Waals surface area contributed by atoms with E-state index in [1.165, 1.54) is 0 Å². The molecule has 0 radical (unpaired) electrons. The highest BCUT2D eigenvalue weighted by Crippen LogP contribution is 2.21. The summed E-state index contributed by atoms with van der Waals surface area (Å²) in [7, 11) is 0. The van der Waals surface area contributed by atoms with Gasteiger partial charge in [-0.3, -0.25) is 0 Å². The van der Waals surface area contributed by atoms with Crippen LogP contribution in [0.25, 0.3) is 16.9 Å². The third-order valence-corrected chi connectivity index (χ3v) is 2.68. The van der Waals surface area contributed by atoms with Crippen molar-refractivity contribution < 1.29 is 0 Å². The van der Waals surface area contributed by atoms with Crippen LogP contribution in [-0.2, 0) is 0 Å². The van der Waals surface area contributed by atoms with Gasteiger partial charge in [0.05, 0.1) is 11.9 Å². The second-order valence-electron chi connectivity index (χ2n) is 3.44. The Labute approximate surface area is 97.3 Å². The summed E-state index contributed by atoms with van der Waals surface area (Å²) in [6.07, 6.45) is 3.52. The van der Waals surface area contributed by atoms with E-state index in [-0.39, 0.29) is 0 Å². The smallest absolute Gasteiger partial charge is 0.155 e. The van der Waals surface area contributed by atoms with E-state index in [9.17, 15) is 0 Å². The molecule has 78 valence electrons. The normalized spacial score (nSPS) is 10.8. The highest BCUT2D eigenvalue weighted by Gasteiger charge is 2.03. The Morgan fingerprint density at radius 1 is 0.938 bits per heavy atom. The van der Waals surface area contributed by atoms with E-state index in [1.54, 1.807) is 12.4 Å². The zero-order valence-corrected chi connectivity index (χ0v) is 9.09. The second-order valence-corrected chi connectivity index (χ2v) is 3.87. The number of rotatable bonds is 1. The fourth-order valence-electron chi connectivity index (χ4n) is 1.67. The summed E-state index contributed by atoms with van der Waals surface area (Å²) in [6, 6.07) is 11.5. The van der Waals surface area contributed by atoms with Crippen molar-refractivity contribution in [2.45, 2.75) is 0 Å². The fourth-order valence-corrected chi connectivity index (χ4v) is 1.80. The highest BCUT2D eigenvalue weighted by molar-refractivity contribution is 6.30. The van der Waals surface area contributed by atoms with Crippen molar-refractivity contribution in [3.05, 3.63) is 53.8 Å². The summed E-state index contributed by atoms with van der Waals surface area (Å²) in [5.74, 6) is 0. The molecule has 3 nitrogen and oxygen atoms in total. The predicted octanol–water partition coefficient (Wildman–Crippen LogP) is 3.05. The van der Waals surface area contributed by atoms with Gasteiger partial charge in [0.15, 0.2) is 5.65 Å². The molecule has 0 saturated carbocycles. The third-order valence-electron chi connectivity index (χ3n) is 2.43. The molecule has 4 heteroatoms. The summed E-state index contributed by atoms with van der Waals surface area (Å²) in [5, 5.41) is 4.97. The molecule has 1 aromatic carbocycles. The third kappa shape index (κ3) is 1.46. The molecule has 3 aromatic rings. The lowest BCUT2D eigenvalue weighted by Crippen LogP contribution is -1.94. The van der Waals surface area contributed by atoms with E-state index in [0.29, 0.717) is 0 Å². The second kappa shape index (κ2) is 3.61. The number of halogens is 1. The van der Waals surface area contributed by atoms with Crippen molar-refractivity contribution in [1.29, 1.82) is 0 Å². The Balaban J connectivity index is 2.25. The molecular formula is C12H8ClN3. The van der Waals surface area contributed by atoms with Crippen LogP contribution in [0.15, 0.2) is 48.8 Å². The molecule has 0 saturated heterocycles. The molecule has 0 amide bonds. The molecule has 16 heavy (non-hydrogen) atoms. The van der Waals surface area contributed by atoms with Gasteiger partial charge >= 0.3 is 0 Å². The van der Waals surface area contributed by atoms with E-state index in [1.807, 2.05) is 40.9 Å². The molecule has 0 bridgehead atoms. The van der Waals surface area contributed by atoms with Crippen molar-refractivity contribution in [3.63, 3.8) is 0 Å². The Morgan fingerprint density at radius 2 is 1.75 bits per heavy atom. The fraction of sp³-hybridized carbons (Fsp3) is 0. The number of aromatic nitrogens is 3. The van der Waals surface area contributed by atoms with E-state index in [2.05, 4.69) is 10.1 Å². The van der Waals surface area contributed by atoms with Gasteiger partial charge in [0, 0.05) is 22.8 Å². The lowest BCUT2D eigenvalue weighted by Gasteiger charge is -2.04. The SMILES string of the molecule is Clc1ccc(-c2ccnc3ccnn23)cc1. The van der Waals surface area contributed by atoms with Gasteiger partial charge in [-0.15, -0.1) is 0 Å². The predicted molar refractivity (Wildman–Crippen MR) is 63.4 cm³/mol. The van der Waals surface area contributed by atoms with Crippen LogP contribution in [0.2, 0.25) is 5.02 Å². The molecule has 0 aliphatic carbocycles. The average molecular weight is 230 g/mol. The molecule has 0 aliphatic heterocycles. The minimum atomic E-state index is 0.731. The lowest BCUT2D eigenvalue weighted by molar-refractivity contribution is 0.948. The quantitative estimate of drug-likeness (QED) is 0.642. The number of benzene rings is 1. The molecular weight excluding hydrogens is 222 g/mol. The van der Waals surface area contributed by atoms with Crippen molar-refractivity contribution >= 4 is 17.2 Å². The summed E-state index contributed by atoms with van der Waals surface area (Å²) < 4.78 is 1.81. The summed E-state index contributed by atoms with van der Waals surface area (Å²) in [4.78, 5) is 4.22. The van der Waals surface area contributed by atoms with Crippen molar-refractivity contribution in [1.82, 2.24) is 14.6 Å². The van der Waals surface area contributed by atoms with Gasteiger partial charge < -0.3 is 0 Å². The maximum absolute atomic E-state index is 5.86. The van der Waals surface area contributed by atoms with Gasteiger partial charge in [-0.25, -0.2) is 9.50 Å². The largest absolute Gasteiger partial charge is 0.237 e. The Bertz CT molecular complexity index is 628. The number of nitrogens with zero attached hydrogens (tertiary/aromatic N) is 3. The topological polar surface area (TPSA) is 30.2 Å². The zero-order chi connectivity index (χ0) is 11.0. The Kier molecular flexibility index (Phi) is 2.11. The van der Waals surface area contributed by atoms with Gasteiger partial charge in [0.1, 0.15) is 0 Å². The maximum atomic E-state index is 5.86. The van der Waals surface area contributed by atoms with Crippen LogP contribution in [0.4, 0.5) is 0 Å². The maximum Gasteiger partial charge on any atom is 0.155 e. The van der Waals surface area contributed by atoms with E-state index >= 15 is 0 Å². The van der Waals surface area contributed by atoms with Crippen LogP contribution in [0.1, 0.15) is 0 Å². The zero-order valence-electron chi connectivity index (χ0n) is 8.34. The van der Waals surface area contributed by atoms with Crippen LogP contribution in [-0.4, -0.2) is 14.6 Å². The Morgan fingerprint density at radius 3 is 2.56 bits per heavy atom. The first-order valence-electron chi connectivity index (χ1n) is 4.89. The molecule has 3 rings (SSSR count). The van der Waals surface area contributed by atoms with E-state index < -0.39 is 0 Å². The van der Waals surface area contributed by atoms with Crippen LogP contribution in [0.5, 0.6) is 0 Å². The standard InChI is InChI=1S/C12H8ClN3/c13-10-3-1-9(2-4-10)11-5-7-14-12-6-8-15-16(11)12/h1-8H. The summed E-state index contributed by atoms with van der Waals surface area (Å²) >= 11 is 5.86. The molecule has 2 heterocycles. The van der Waals surface area contributed by atoms with Crippen LogP contribution >= 0.6 is 11.6 Å². The lowest BCUT2D eigenvalue weighted by atomic mass is 10.1. The number of hydrogen-bond acceptors (Lipinski definition) is 2. The van der Waals surface area contributed by atoms with Gasteiger partial charge in [0.25, 0.3) is 0 Å². The van der Waals surface area contributed by atoms with Crippen molar-refractivity contribution in [2.75, 3.05) is 0 Å². The molecule has 0 aliphatic rings. The first-order valence-corrected chi connectivity index (χ1v) is 5.27. The van der Waals surface area contributed by atoms with Crippen LogP contribution in [0.3, 0.4) is 0 Å². The number of fused-ring (bicyclic) bond motifs is 1. The summed E-state index contributed by atoms with van der Waals surface area (Å²) in [5.41, 5.74) is 2.92. The van der Waals surface area contributed by atoms with E-state index in [0.717, 1.165) is 21.9 Å². The molecule has 0 fully saturated rings. The first kappa shape index (κ1) is 9.36. The minimum Gasteiger partial charge on any atom is -0.237 e. The van der Waals surface area contributed by atoms with Gasteiger partial charge in [-0.05, 0) is 18.2 Å². The number of hydrogen-bond donors (Lipinski definition) is 0. The average Bonchev–Trinajstić information content (AvgIpc) is 2.78. The van der Waals surface area contributed by atoms with E-state index in [4.69, 9.17) is 11.6 Å².